The maximum atomic E-state index is 10.5. The molecular weight excluding hydrogens is 364 g/mol. The molecule has 2 aromatic rings. The SMILES string of the molecule is CCC1(CC)CCOc2ccc(C#Cc3cnc(CCCCC(=O)O)cn3)cc21. The Hall–Kier alpha value is -2.87. The monoisotopic (exact) mass is 392 g/mol. The van der Waals surface area contributed by atoms with Crippen LogP contribution in [0.4, 0.5) is 0 Å². The predicted molar refractivity (Wildman–Crippen MR) is 112 cm³/mol. The molecule has 1 aromatic heterocycles. The summed E-state index contributed by atoms with van der Waals surface area (Å²) in [5, 5.41) is 8.67. The van der Waals surface area contributed by atoms with Crippen molar-refractivity contribution in [2.45, 2.75) is 64.2 Å². The summed E-state index contributed by atoms with van der Waals surface area (Å²) in [5.41, 5.74) is 3.89. The van der Waals surface area contributed by atoms with Crippen molar-refractivity contribution in [3.8, 4) is 17.6 Å². The summed E-state index contributed by atoms with van der Waals surface area (Å²) in [6.45, 7) is 5.27. The van der Waals surface area contributed by atoms with Crippen molar-refractivity contribution >= 4 is 5.97 Å². The third-order valence-electron chi connectivity index (χ3n) is 5.86. The van der Waals surface area contributed by atoms with Crippen LogP contribution in [0.3, 0.4) is 0 Å². The lowest BCUT2D eigenvalue weighted by Crippen LogP contribution is -2.31. The highest BCUT2D eigenvalue weighted by Crippen LogP contribution is 2.43. The van der Waals surface area contributed by atoms with Crippen molar-refractivity contribution in [3.63, 3.8) is 0 Å². The van der Waals surface area contributed by atoms with Gasteiger partial charge in [-0.15, -0.1) is 0 Å². The summed E-state index contributed by atoms with van der Waals surface area (Å²) in [6, 6.07) is 6.20. The molecule has 1 aliphatic heterocycles. The molecule has 0 fully saturated rings. The highest BCUT2D eigenvalue weighted by Gasteiger charge is 2.34. The van der Waals surface area contributed by atoms with E-state index in [1.165, 1.54) is 5.56 Å². The number of hydrogen-bond donors (Lipinski definition) is 1. The Balaban J connectivity index is 1.69. The lowest BCUT2D eigenvalue weighted by molar-refractivity contribution is -0.137. The summed E-state index contributed by atoms with van der Waals surface area (Å²) in [6.07, 6.45) is 9.01. The molecule has 0 radical (unpaired) electrons. The topological polar surface area (TPSA) is 72.3 Å². The van der Waals surface area contributed by atoms with Crippen LogP contribution in [0, 0.1) is 11.8 Å². The second kappa shape index (κ2) is 9.56. The van der Waals surface area contributed by atoms with E-state index in [1.807, 2.05) is 12.1 Å². The molecule has 0 amide bonds. The maximum Gasteiger partial charge on any atom is 0.303 e. The lowest BCUT2D eigenvalue weighted by Gasteiger charge is -2.37. The first-order valence-corrected chi connectivity index (χ1v) is 10.4. The second-order valence-electron chi connectivity index (χ2n) is 7.54. The summed E-state index contributed by atoms with van der Waals surface area (Å²) in [4.78, 5) is 19.3. The Kier molecular flexibility index (Phi) is 6.87. The van der Waals surface area contributed by atoms with Gasteiger partial charge in [0.1, 0.15) is 11.4 Å². The Bertz CT molecular complexity index is 906. The van der Waals surface area contributed by atoms with Crippen molar-refractivity contribution < 1.29 is 14.6 Å². The average molecular weight is 392 g/mol. The van der Waals surface area contributed by atoms with E-state index in [2.05, 4.69) is 41.7 Å². The largest absolute Gasteiger partial charge is 0.493 e. The number of hydrogen-bond acceptors (Lipinski definition) is 4. The van der Waals surface area contributed by atoms with E-state index in [0.29, 0.717) is 12.1 Å². The summed E-state index contributed by atoms with van der Waals surface area (Å²) >= 11 is 0. The normalized spacial score (nSPS) is 14.3. The van der Waals surface area contributed by atoms with Gasteiger partial charge >= 0.3 is 5.97 Å². The van der Waals surface area contributed by atoms with Gasteiger partial charge in [-0.2, -0.15) is 0 Å². The van der Waals surface area contributed by atoms with E-state index in [9.17, 15) is 4.79 Å². The molecule has 152 valence electrons. The molecule has 5 heteroatoms. The van der Waals surface area contributed by atoms with Gasteiger partial charge in [-0.25, -0.2) is 4.98 Å². The summed E-state index contributed by atoms with van der Waals surface area (Å²) in [7, 11) is 0. The minimum absolute atomic E-state index is 0.174. The number of carbonyl (C=O) groups is 1. The molecule has 0 atom stereocenters. The van der Waals surface area contributed by atoms with Crippen molar-refractivity contribution in [3.05, 3.63) is 53.1 Å². The van der Waals surface area contributed by atoms with E-state index in [1.54, 1.807) is 12.4 Å². The van der Waals surface area contributed by atoms with Gasteiger partial charge in [0, 0.05) is 29.2 Å². The molecule has 2 heterocycles. The molecule has 5 nitrogen and oxygen atoms in total. The van der Waals surface area contributed by atoms with Crippen LogP contribution >= 0.6 is 0 Å². The molecule has 0 saturated carbocycles. The second-order valence-corrected chi connectivity index (χ2v) is 7.54. The predicted octanol–water partition coefficient (Wildman–Crippen LogP) is 4.51. The van der Waals surface area contributed by atoms with E-state index < -0.39 is 5.97 Å². The summed E-state index contributed by atoms with van der Waals surface area (Å²) in [5.74, 6) is 6.53. The van der Waals surface area contributed by atoms with Crippen LogP contribution < -0.4 is 4.74 Å². The fourth-order valence-electron chi connectivity index (χ4n) is 3.89. The molecule has 1 aliphatic rings. The average Bonchev–Trinajstić information content (AvgIpc) is 2.75. The fourth-order valence-corrected chi connectivity index (χ4v) is 3.89. The van der Waals surface area contributed by atoms with Crippen LogP contribution in [0.25, 0.3) is 0 Å². The number of nitrogens with zero attached hydrogens (tertiary/aromatic N) is 2. The van der Waals surface area contributed by atoms with Crippen LogP contribution in [-0.2, 0) is 16.6 Å². The first-order valence-electron chi connectivity index (χ1n) is 10.4. The van der Waals surface area contributed by atoms with E-state index in [4.69, 9.17) is 9.84 Å². The molecule has 0 unspecified atom stereocenters. The highest BCUT2D eigenvalue weighted by atomic mass is 16.5. The number of aliphatic carboxylic acids is 1. The number of fused-ring (bicyclic) bond motifs is 1. The zero-order valence-corrected chi connectivity index (χ0v) is 17.2. The molecule has 1 N–H and O–H groups in total. The van der Waals surface area contributed by atoms with Crippen LogP contribution in [0.1, 0.15) is 74.9 Å². The third-order valence-corrected chi connectivity index (χ3v) is 5.86. The summed E-state index contributed by atoms with van der Waals surface area (Å²) < 4.78 is 5.86. The molecular formula is C24H28N2O3. The fraction of sp³-hybridized carbons (Fsp3) is 0.458. The van der Waals surface area contributed by atoms with Gasteiger partial charge in [-0.3, -0.25) is 9.78 Å². The van der Waals surface area contributed by atoms with Gasteiger partial charge < -0.3 is 9.84 Å². The third kappa shape index (κ3) is 5.14. The molecule has 0 spiro atoms. The quantitative estimate of drug-likeness (QED) is 0.554. The number of aromatic nitrogens is 2. The number of unbranched alkanes of at least 4 members (excludes halogenated alkanes) is 1. The van der Waals surface area contributed by atoms with Crippen molar-refractivity contribution in [1.82, 2.24) is 9.97 Å². The standard InChI is InChI=1S/C24H28N2O3/c1-3-24(4-2)13-14-29-22-12-10-18(15-21(22)24)9-11-20-17-25-19(16-26-20)7-5-6-8-23(27)28/h10,12,15-17H,3-8,13-14H2,1-2H3,(H,27,28). The molecule has 0 aliphatic carbocycles. The lowest BCUT2D eigenvalue weighted by atomic mass is 9.71. The number of aryl methyl sites for hydroxylation is 1. The Morgan fingerprint density at radius 3 is 2.69 bits per heavy atom. The van der Waals surface area contributed by atoms with Crippen LogP contribution in [-0.4, -0.2) is 27.7 Å². The van der Waals surface area contributed by atoms with Gasteiger partial charge in [0.15, 0.2) is 0 Å². The van der Waals surface area contributed by atoms with Crippen LogP contribution in [0.15, 0.2) is 30.6 Å². The maximum absolute atomic E-state index is 10.5. The smallest absolute Gasteiger partial charge is 0.303 e. The van der Waals surface area contributed by atoms with Crippen LogP contribution in [0.2, 0.25) is 0 Å². The van der Waals surface area contributed by atoms with Crippen molar-refractivity contribution in [2.75, 3.05) is 6.61 Å². The zero-order valence-electron chi connectivity index (χ0n) is 17.2. The Morgan fingerprint density at radius 2 is 2.00 bits per heavy atom. The first kappa shape index (κ1) is 20.9. The minimum atomic E-state index is -0.759. The van der Waals surface area contributed by atoms with E-state index in [-0.39, 0.29) is 11.8 Å². The Labute approximate surface area is 172 Å². The minimum Gasteiger partial charge on any atom is -0.493 e. The van der Waals surface area contributed by atoms with E-state index >= 15 is 0 Å². The van der Waals surface area contributed by atoms with Gasteiger partial charge in [-0.05, 0) is 62.6 Å². The Morgan fingerprint density at radius 1 is 1.17 bits per heavy atom. The van der Waals surface area contributed by atoms with Gasteiger partial charge in [0.05, 0.1) is 18.5 Å². The molecule has 0 bridgehead atoms. The number of carboxylic acids is 1. The van der Waals surface area contributed by atoms with Gasteiger partial charge in [0.2, 0.25) is 0 Å². The van der Waals surface area contributed by atoms with Gasteiger partial charge in [0.25, 0.3) is 0 Å². The van der Waals surface area contributed by atoms with Crippen molar-refractivity contribution in [2.24, 2.45) is 0 Å². The highest BCUT2D eigenvalue weighted by molar-refractivity contribution is 5.66. The number of benzene rings is 1. The number of rotatable bonds is 7. The molecule has 0 saturated heterocycles. The number of ether oxygens (including phenoxy) is 1. The number of carboxylic acid groups (broad SMARTS) is 1. The van der Waals surface area contributed by atoms with Gasteiger partial charge in [-0.1, -0.05) is 19.8 Å². The van der Waals surface area contributed by atoms with Crippen LogP contribution in [0.5, 0.6) is 5.75 Å². The van der Waals surface area contributed by atoms with E-state index in [0.717, 1.165) is 55.7 Å². The van der Waals surface area contributed by atoms with Crippen molar-refractivity contribution in [1.29, 1.82) is 0 Å². The molecule has 1 aromatic carbocycles. The first-order chi connectivity index (χ1) is 14.1. The zero-order chi connectivity index (χ0) is 20.7. The molecule has 3 rings (SSSR count). The molecule has 29 heavy (non-hydrogen) atoms.